The first-order valence-corrected chi connectivity index (χ1v) is 3.38. The van der Waals surface area contributed by atoms with E-state index in [1.807, 2.05) is 0 Å². The summed E-state index contributed by atoms with van der Waals surface area (Å²) >= 11 is 1.15. The van der Waals surface area contributed by atoms with Gasteiger partial charge in [0, 0.05) is 18.6 Å². The molecular formula is C4H6N4OS. The molecule has 0 unspecified atom stereocenters. The van der Waals surface area contributed by atoms with Crippen LogP contribution in [0.4, 0.5) is 5.13 Å². The SMILES string of the molecule is Cc1nsc(N(C)N=O)n1. The number of anilines is 1. The van der Waals surface area contributed by atoms with Gasteiger partial charge in [0.05, 0.1) is 5.29 Å². The van der Waals surface area contributed by atoms with Crippen molar-refractivity contribution >= 4 is 16.7 Å². The molecule has 0 aliphatic heterocycles. The molecule has 0 spiro atoms. The van der Waals surface area contributed by atoms with E-state index in [1.165, 1.54) is 7.05 Å². The van der Waals surface area contributed by atoms with E-state index in [4.69, 9.17) is 0 Å². The summed E-state index contributed by atoms with van der Waals surface area (Å²) in [6.45, 7) is 1.76. The van der Waals surface area contributed by atoms with Crippen molar-refractivity contribution in [3.05, 3.63) is 10.7 Å². The van der Waals surface area contributed by atoms with E-state index in [-0.39, 0.29) is 0 Å². The van der Waals surface area contributed by atoms with Crippen LogP contribution in [0.3, 0.4) is 0 Å². The summed E-state index contributed by atoms with van der Waals surface area (Å²) in [5.41, 5.74) is 0. The molecule has 1 aromatic rings. The molecule has 6 heteroatoms. The van der Waals surface area contributed by atoms with Crippen LogP contribution in [-0.2, 0) is 0 Å². The zero-order valence-electron chi connectivity index (χ0n) is 5.61. The predicted molar refractivity (Wildman–Crippen MR) is 38.8 cm³/mol. The highest BCUT2D eigenvalue weighted by Crippen LogP contribution is 2.14. The summed E-state index contributed by atoms with van der Waals surface area (Å²) in [6.07, 6.45) is 0. The lowest BCUT2D eigenvalue weighted by molar-refractivity contribution is 0.979. The smallest absolute Gasteiger partial charge is 0.204 e. The molecular weight excluding hydrogens is 152 g/mol. The zero-order chi connectivity index (χ0) is 7.56. The van der Waals surface area contributed by atoms with Gasteiger partial charge in [0.15, 0.2) is 0 Å². The Labute approximate surface area is 61.8 Å². The van der Waals surface area contributed by atoms with Crippen molar-refractivity contribution in [2.45, 2.75) is 6.92 Å². The maximum absolute atomic E-state index is 9.93. The quantitative estimate of drug-likeness (QED) is 0.475. The van der Waals surface area contributed by atoms with E-state index >= 15 is 0 Å². The van der Waals surface area contributed by atoms with Crippen molar-refractivity contribution in [1.29, 1.82) is 0 Å². The monoisotopic (exact) mass is 158 g/mol. The molecule has 0 bridgehead atoms. The lowest BCUT2D eigenvalue weighted by Gasteiger charge is -1.98. The lowest BCUT2D eigenvalue weighted by atomic mass is 10.7. The lowest BCUT2D eigenvalue weighted by Crippen LogP contribution is -2.05. The summed E-state index contributed by atoms with van der Waals surface area (Å²) in [5.74, 6) is 0.663. The summed E-state index contributed by atoms with van der Waals surface area (Å²) in [7, 11) is 1.53. The van der Waals surface area contributed by atoms with E-state index in [9.17, 15) is 4.91 Å². The fourth-order valence-electron chi connectivity index (χ4n) is 0.452. The van der Waals surface area contributed by atoms with Gasteiger partial charge in [-0.3, -0.25) is 0 Å². The third-order valence-electron chi connectivity index (χ3n) is 0.916. The van der Waals surface area contributed by atoms with Gasteiger partial charge >= 0.3 is 0 Å². The van der Waals surface area contributed by atoms with Gasteiger partial charge in [0.1, 0.15) is 5.82 Å². The molecule has 0 aromatic carbocycles. The first-order chi connectivity index (χ1) is 4.74. The Kier molecular flexibility index (Phi) is 1.91. The van der Waals surface area contributed by atoms with Crippen LogP contribution in [0.2, 0.25) is 0 Å². The molecule has 0 saturated carbocycles. The van der Waals surface area contributed by atoms with Crippen molar-refractivity contribution in [1.82, 2.24) is 9.36 Å². The van der Waals surface area contributed by atoms with Crippen LogP contribution in [-0.4, -0.2) is 16.4 Å². The third-order valence-corrected chi connectivity index (χ3v) is 1.79. The highest BCUT2D eigenvalue weighted by molar-refractivity contribution is 7.09. The standard InChI is InChI=1S/C4H6N4OS/c1-3-5-4(10-6-3)8(2)7-9/h1-2H3. The van der Waals surface area contributed by atoms with Gasteiger partial charge < -0.3 is 0 Å². The first-order valence-electron chi connectivity index (χ1n) is 2.61. The number of hydrogen-bond donors (Lipinski definition) is 0. The number of aromatic nitrogens is 2. The van der Waals surface area contributed by atoms with Crippen LogP contribution >= 0.6 is 11.5 Å². The number of rotatable bonds is 2. The molecule has 1 heterocycles. The minimum Gasteiger partial charge on any atom is -0.204 e. The zero-order valence-corrected chi connectivity index (χ0v) is 6.42. The van der Waals surface area contributed by atoms with Crippen molar-refractivity contribution in [2.75, 3.05) is 12.1 Å². The summed E-state index contributed by atoms with van der Waals surface area (Å²) in [4.78, 5) is 13.9. The van der Waals surface area contributed by atoms with Crippen molar-refractivity contribution in [3.63, 3.8) is 0 Å². The number of aryl methyl sites for hydroxylation is 1. The molecule has 0 aliphatic rings. The molecule has 0 N–H and O–H groups in total. The van der Waals surface area contributed by atoms with Crippen LogP contribution in [0.5, 0.6) is 0 Å². The molecule has 0 aliphatic carbocycles. The largest absolute Gasteiger partial charge is 0.228 e. The number of nitroso groups, excluding NO2 is 1. The van der Waals surface area contributed by atoms with Crippen LogP contribution in [0.15, 0.2) is 5.29 Å². The van der Waals surface area contributed by atoms with Crippen LogP contribution in [0.25, 0.3) is 0 Å². The Morgan fingerprint density at radius 1 is 1.70 bits per heavy atom. The Balaban J connectivity index is 2.84. The second-order valence-corrected chi connectivity index (χ2v) is 2.46. The van der Waals surface area contributed by atoms with Gasteiger partial charge in [0.25, 0.3) is 0 Å². The third kappa shape index (κ3) is 1.27. The van der Waals surface area contributed by atoms with E-state index in [1.54, 1.807) is 6.92 Å². The maximum atomic E-state index is 9.93. The highest BCUT2D eigenvalue weighted by Gasteiger charge is 2.04. The summed E-state index contributed by atoms with van der Waals surface area (Å²) in [5, 5.41) is 4.33. The van der Waals surface area contributed by atoms with Gasteiger partial charge in [-0.05, 0) is 6.92 Å². The van der Waals surface area contributed by atoms with Gasteiger partial charge in [-0.15, -0.1) is 4.91 Å². The van der Waals surface area contributed by atoms with Crippen LogP contribution in [0.1, 0.15) is 5.82 Å². The Morgan fingerprint density at radius 3 is 2.80 bits per heavy atom. The van der Waals surface area contributed by atoms with Gasteiger partial charge in [-0.1, -0.05) is 0 Å². The number of nitrogens with zero attached hydrogens (tertiary/aromatic N) is 4. The fraction of sp³-hybridized carbons (Fsp3) is 0.500. The molecule has 1 rings (SSSR count). The molecule has 0 radical (unpaired) electrons. The van der Waals surface area contributed by atoms with Crippen LogP contribution in [0, 0.1) is 11.8 Å². The van der Waals surface area contributed by atoms with E-state index in [0.717, 1.165) is 16.5 Å². The molecule has 10 heavy (non-hydrogen) atoms. The maximum Gasteiger partial charge on any atom is 0.228 e. The van der Waals surface area contributed by atoms with Crippen molar-refractivity contribution in [2.24, 2.45) is 5.29 Å². The van der Waals surface area contributed by atoms with Gasteiger partial charge in [-0.2, -0.15) is 4.37 Å². The minimum absolute atomic E-state index is 0.521. The molecule has 54 valence electrons. The fourth-order valence-corrected chi connectivity index (χ4v) is 1.03. The van der Waals surface area contributed by atoms with E-state index < -0.39 is 0 Å². The average Bonchev–Trinajstić information content (AvgIpc) is 2.34. The van der Waals surface area contributed by atoms with Crippen LogP contribution < -0.4 is 5.01 Å². The van der Waals surface area contributed by atoms with E-state index in [0.29, 0.717) is 11.0 Å². The highest BCUT2D eigenvalue weighted by atomic mass is 32.1. The Morgan fingerprint density at radius 2 is 2.40 bits per heavy atom. The molecule has 0 amide bonds. The van der Waals surface area contributed by atoms with Gasteiger partial charge in [-0.25, -0.2) is 9.99 Å². The topological polar surface area (TPSA) is 58.5 Å². The minimum atomic E-state index is 0.521. The van der Waals surface area contributed by atoms with Gasteiger partial charge in [0.2, 0.25) is 5.13 Å². The second kappa shape index (κ2) is 2.70. The predicted octanol–water partition coefficient (Wildman–Crippen LogP) is 0.964. The second-order valence-electron chi connectivity index (χ2n) is 1.73. The Hall–Kier alpha value is -1.04. The summed E-state index contributed by atoms with van der Waals surface area (Å²) < 4.78 is 3.88. The first kappa shape index (κ1) is 7.07. The normalized spacial score (nSPS) is 9.40. The molecule has 1 aromatic heterocycles. The average molecular weight is 158 g/mol. The number of hydrogen-bond acceptors (Lipinski definition) is 5. The molecule has 0 atom stereocenters. The Bertz CT molecular complexity index is 235. The van der Waals surface area contributed by atoms with Crippen molar-refractivity contribution in [3.8, 4) is 0 Å². The van der Waals surface area contributed by atoms with E-state index in [2.05, 4.69) is 14.6 Å². The summed E-state index contributed by atoms with van der Waals surface area (Å²) in [6, 6.07) is 0. The molecule has 0 saturated heterocycles. The molecule has 5 nitrogen and oxygen atoms in total. The molecule has 0 fully saturated rings. The van der Waals surface area contributed by atoms with Crippen molar-refractivity contribution < 1.29 is 0 Å².